The Labute approximate surface area is 165 Å². The van der Waals surface area contributed by atoms with Crippen LogP contribution in [0.5, 0.6) is 5.75 Å². The van der Waals surface area contributed by atoms with Crippen molar-refractivity contribution in [1.82, 2.24) is 10.2 Å². The maximum Gasteiger partial charge on any atom is 0.220 e. The van der Waals surface area contributed by atoms with Gasteiger partial charge in [0.1, 0.15) is 17.2 Å². The average molecular weight is 382 g/mol. The molecule has 2 aliphatic rings. The van der Waals surface area contributed by atoms with Crippen LogP contribution in [-0.4, -0.2) is 36.5 Å². The highest BCUT2D eigenvalue weighted by molar-refractivity contribution is 5.76. The summed E-state index contributed by atoms with van der Waals surface area (Å²) in [4.78, 5) is 14.5. The van der Waals surface area contributed by atoms with E-state index in [4.69, 9.17) is 4.74 Å². The van der Waals surface area contributed by atoms with Gasteiger partial charge in [-0.25, -0.2) is 4.39 Å². The summed E-state index contributed by atoms with van der Waals surface area (Å²) in [5.41, 5.74) is 2.07. The number of nitrogens with zero attached hydrogens (tertiary/aromatic N) is 1. The number of carbonyl (C=O) groups excluding carboxylic acids is 1. The van der Waals surface area contributed by atoms with Gasteiger partial charge in [-0.05, 0) is 48.6 Å². The van der Waals surface area contributed by atoms with E-state index in [0.717, 1.165) is 55.8 Å². The van der Waals surface area contributed by atoms with Crippen LogP contribution in [-0.2, 0) is 11.3 Å². The fourth-order valence-corrected chi connectivity index (χ4v) is 4.53. The van der Waals surface area contributed by atoms with E-state index >= 15 is 0 Å². The lowest BCUT2D eigenvalue weighted by Crippen LogP contribution is -2.50. The molecule has 4 rings (SSSR count). The van der Waals surface area contributed by atoms with E-state index in [9.17, 15) is 9.18 Å². The van der Waals surface area contributed by atoms with Crippen molar-refractivity contribution >= 4 is 5.91 Å². The van der Waals surface area contributed by atoms with Crippen LogP contribution in [0.15, 0.2) is 48.5 Å². The van der Waals surface area contributed by atoms with Crippen molar-refractivity contribution in [2.45, 2.75) is 43.7 Å². The second-order valence-corrected chi connectivity index (χ2v) is 8.00. The Morgan fingerprint density at radius 1 is 1.18 bits per heavy atom. The lowest BCUT2D eigenvalue weighted by Gasteiger charge is -2.47. The van der Waals surface area contributed by atoms with Gasteiger partial charge in [-0.3, -0.25) is 9.69 Å². The minimum Gasteiger partial charge on any atom is -0.487 e. The first-order chi connectivity index (χ1) is 13.6. The van der Waals surface area contributed by atoms with Crippen molar-refractivity contribution in [2.24, 2.45) is 0 Å². The molecular weight excluding hydrogens is 355 g/mol. The number of carbonyl (C=O) groups is 1. The summed E-state index contributed by atoms with van der Waals surface area (Å²) >= 11 is 0. The predicted molar refractivity (Wildman–Crippen MR) is 107 cm³/mol. The molecule has 0 bridgehead atoms. The summed E-state index contributed by atoms with van der Waals surface area (Å²) in [5, 5.41) is 2.76. The molecule has 148 valence electrons. The van der Waals surface area contributed by atoms with Gasteiger partial charge in [0, 0.05) is 39.0 Å². The lowest BCUT2D eigenvalue weighted by molar-refractivity contribution is -0.121. The molecule has 2 aliphatic heterocycles. The molecule has 4 nitrogen and oxygen atoms in total. The summed E-state index contributed by atoms with van der Waals surface area (Å²) in [6.07, 6.45) is 3.25. The maximum atomic E-state index is 13.1. The number of nitrogens with one attached hydrogen (secondary N) is 1. The van der Waals surface area contributed by atoms with Crippen LogP contribution in [0.2, 0.25) is 0 Å². The molecule has 5 heteroatoms. The van der Waals surface area contributed by atoms with Crippen molar-refractivity contribution < 1.29 is 13.9 Å². The molecule has 0 aliphatic carbocycles. The Morgan fingerprint density at radius 2 is 1.89 bits per heavy atom. The molecule has 1 saturated heterocycles. The highest BCUT2D eigenvalue weighted by atomic mass is 19.1. The third-order valence-electron chi connectivity index (χ3n) is 6.10. The number of benzene rings is 2. The van der Waals surface area contributed by atoms with Crippen LogP contribution in [0.25, 0.3) is 0 Å². The van der Waals surface area contributed by atoms with Gasteiger partial charge in [0.25, 0.3) is 0 Å². The number of fused-ring (bicyclic) bond motifs is 1. The number of hydrogen-bond acceptors (Lipinski definition) is 3. The van der Waals surface area contributed by atoms with Gasteiger partial charge in [0.2, 0.25) is 5.91 Å². The minimum atomic E-state index is -0.202. The van der Waals surface area contributed by atoms with Gasteiger partial charge in [0.15, 0.2) is 0 Å². The third kappa shape index (κ3) is 4.04. The van der Waals surface area contributed by atoms with E-state index in [0.29, 0.717) is 6.42 Å². The summed E-state index contributed by atoms with van der Waals surface area (Å²) in [6.45, 7) is 2.70. The van der Waals surface area contributed by atoms with E-state index in [1.165, 1.54) is 12.1 Å². The molecule has 1 spiro atoms. The standard InChI is InChI=1S/C23H27FN2O2/c1-25-22(27)14-18-15-23(28-21-5-3-2-4-20(18)21)10-12-26(13-11-23)16-17-6-8-19(24)9-7-17/h2-9,18H,10-16H2,1H3,(H,25,27). The molecule has 1 fully saturated rings. The van der Waals surface area contributed by atoms with Crippen molar-refractivity contribution in [3.8, 4) is 5.75 Å². The molecule has 0 aromatic heterocycles. The van der Waals surface area contributed by atoms with Crippen LogP contribution < -0.4 is 10.1 Å². The molecule has 2 heterocycles. The lowest BCUT2D eigenvalue weighted by atomic mass is 9.76. The first kappa shape index (κ1) is 18.9. The number of piperidine rings is 1. The summed E-state index contributed by atoms with van der Waals surface area (Å²) in [7, 11) is 1.69. The van der Waals surface area contributed by atoms with Crippen molar-refractivity contribution in [1.29, 1.82) is 0 Å². The second kappa shape index (κ2) is 7.92. The Hall–Kier alpha value is -2.40. The van der Waals surface area contributed by atoms with Gasteiger partial charge in [0.05, 0.1) is 0 Å². The van der Waals surface area contributed by atoms with Crippen molar-refractivity contribution in [3.05, 3.63) is 65.5 Å². The quantitative estimate of drug-likeness (QED) is 0.873. The van der Waals surface area contributed by atoms with Gasteiger partial charge < -0.3 is 10.1 Å². The summed E-state index contributed by atoms with van der Waals surface area (Å²) in [6, 6.07) is 14.9. The molecule has 0 saturated carbocycles. The zero-order valence-corrected chi connectivity index (χ0v) is 16.3. The molecule has 1 unspecified atom stereocenters. The zero-order valence-electron chi connectivity index (χ0n) is 16.3. The maximum absolute atomic E-state index is 13.1. The van der Waals surface area contributed by atoms with Crippen LogP contribution in [0.4, 0.5) is 4.39 Å². The van der Waals surface area contributed by atoms with Gasteiger partial charge in [-0.15, -0.1) is 0 Å². The number of likely N-dealkylation sites (tertiary alicyclic amines) is 1. The number of amides is 1. The van der Waals surface area contributed by atoms with Crippen LogP contribution in [0, 0.1) is 5.82 Å². The Kier molecular flexibility index (Phi) is 5.36. The van der Waals surface area contributed by atoms with Gasteiger partial charge in [-0.1, -0.05) is 30.3 Å². The Bertz CT molecular complexity index is 829. The molecule has 0 radical (unpaired) electrons. The summed E-state index contributed by atoms with van der Waals surface area (Å²) in [5.74, 6) is 0.992. The molecule has 2 aromatic carbocycles. The zero-order chi connectivity index (χ0) is 19.6. The monoisotopic (exact) mass is 382 g/mol. The van der Waals surface area contributed by atoms with Gasteiger partial charge in [-0.2, -0.15) is 0 Å². The van der Waals surface area contributed by atoms with E-state index in [1.54, 1.807) is 7.05 Å². The van der Waals surface area contributed by atoms with E-state index in [-0.39, 0.29) is 23.2 Å². The van der Waals surface area contributed by atoms with E-state index in [2.05, 4.69) is 16.3 Å². The van der Waals surface area contributed by atoms with E-state index < -0.39 is 0 Å². The largest absolute Gasteiger partial charge is 0.487 e. The minimum absolute atomic E-state index is 0.0746. The Balaban J connectivity index is 1.45. The molecule has 2 aromatic rings. The molecule has 1 atom stereocenters. The smallest absolute Gasteiger partial charge is 0.220 e. The van der Waals surface area contributed by atoms with Crippen molar-refractivity contribution in [3.63, 3.8) is 0 Å². The fourth-order valence-electron chi connectivity index (χ4n) is 4.53. The van der Waals surface area contributed by atoms with Crippen molar-refractivity contribution in [2.75, 3.05) is 20.1 Å². The Morgan fingerprint density at radius 3 is 2.61 bits per heavy atom. The average Bonchev–Trinajstić information content (AvgIpc) is 2.71. The SMILES string of the molecule is CNC(=O)CC1CC2(CCN(Cc3ccc(F)cc3)CC2)Oc2ccccc21. The van der Waals surface area contributed by atoms with Crippen LogP contribution >= 0.6 is 0 Å². The molecule has 1 N–H and O–H groups in total. The number of para-hydroxylation sites is 1. The number of hydrogen-bond donors (Lipinski definition) is 1. The topological polar surface area (TPSA) is 41.6 Å². The normalized spacial score (nSPS) is 21.0. The highest BCUT2D eigenvalue weighted by Crippen LogP contribution is 2.46. The number of ether oxygens (including phenoxy) is 1. The summed E-state index contributed by atoms with van der Waals surface area (Å²) < 4.78 is 19.6. The molecule has 28 heavy (non-hydrogen) atoms. The number of halogens is 1. The number of rotatable bonds is 4. The highest BCUT2D eigenvalue weighted by Gasteiger charge is 2.43. The first-order valence-corrected chi connectivity index (χ1v) is 10.0. The first-order valence-electron chi connectivity index (χ1n) is 10.0. The van der Waals surface area contributed by atoms with Crippen LogP contribution in [0.3, 0.4) is 0 Å². The molecule has 1 amide bonds. The predicted octanol–water partition coefficient (Wildman–Crippen LogP) is 3.86. The molecular formula is C23H27FN2O2. The van der Waals surface area contributed by atoms with E-state index in [1.807, 2.05) is 30.3 Å². The third-order valence-corrected chi connectivity index (χ3v) is 6.10. The fraction of sp³-hybridized carbons (Fsp3) is 0.435. The van der Waals surface area contributed by atoms with Crippen LogP contribution in [0.1, 0.15) is 42.7 Å². The second-order valence-electron chi connectivity index (χ2n) is 8.00. The van der Waals surface area contributed by atoms with Gasteiger partial charge >= 0.3 is 0 Å².